The third kappa shape index (κ3) is 2.88. The zero-order valence-electron chi connectivity index (χ0n) is 14.8. The minimum atomic E-state index is -0.737. The Morgan fingerprint density at radius 3 is 3.00 bits per heavy atom. The molecule has 2 N–H and O–H groups in total. The Labute approximate surface area is 156 Å². The predicted molar refractivity (Wildman–Crippen MR) is 101 cm³/mol. The maximum Gasteiger partial charge on any atom is 0.311 e. The topological polar surface area (TPSA) is 86.3 Å². The van der Waals surface area contributed by atoms with E-state index in [1.165, 1.54) is 0 Å². The number of aromatic nitrogens is 2. The summed E-state index contributed by atoms with van der Waals surface area (Å²) in [6, 6.07) is 7.87. The van der Waals surface area contributed by atoms with Crippen LogP contribution in [-0.4, -0.2) is 50.7 Å². The number of fused-ring (bicyclic) bond motifs is 2. The van der Waals surface area contributed by atoms with Crippen LogP contribution in [0.3, 0.4) is 0 Å². The van der Waals surface area contributed by atoms with Gasteiger partial charge in [0.1, 0.15) is 5.82 Å². The molecule has 1 aliphatic carbocycles. The van der Waals surface area contributed by atoms with Gasteiger partial charge in [-0.05, 0) is 37.8 Å². The summed E-state index contributed by atoms with van der Waals surface area (Å²) in [6.07, 6.45) is 2.56. The van der Waals surface area contributed by atoms with E-state index >= 15 is 0 Å². The second-order valence-electron chi connectivity index (χ2n) is 7.42. The molecule has 0 spiro atoms. The van der Waals surface area contributed by atoms with Crippen LogP contribution in [-0.2, 0) is 9.59 Å². The highest BCUT2D eigenvalue weighted by Crippen LogP contribution is 2.49. The van der Waals surface area contributed by atoms with Crippen LogP contribution in [0.5, 0.6) is 0 Å². The van der Waals surface area contributed by atoms with Crippen LogP contribution in [0.4, 0.5) is 0 Å². The van der Waals surface area contributed by atoms with Crippen molar-refractivity contribution >= 4 is 34.7 Å². The number of hydrogen-bond acceptors (Lipinski definition) is 4. The number of benzene rings is 1. The number of hydrogen-bond donors (Lipinski definition) is 2. The van der Waals surface area contributed by atoms with Crippen LogP contribution < -0.4 is 0 Å². The number of aliphatic carboxylic acids is 1. The fraction of sp³-hybridized carbons (Fsp3) is 0.526. The van der Waals surface area contributed by atoms with Gasteiger partial charge in [-0.2, -0.15) is 0 Å². The van der Waals surface area contributed by atoms with Gasteiger partial charge in [0, 0.05) is 13.1 Å². The SMILES string of the molecule is CC(SCC(=O)N1C[C@@H]2CCC[C@@]2(C(=O)O)C1)c1nc2ccccc2[nH]1. The van der Waals surface area contributed by atoms with Gasteiger partial charge in [-0.15, -0.1) is 11.8 Å². The van der Waals surface area contributed by atoms with Crippen LogP contribution in [0.15, 0.2) is 24.3 Å². The summed E-state index contributed by atoms with van der Waals surface area (Å²) < 4.78 is 0. The summed E-state index contributed by atoms with van der Waals surface area (Å²) in [5, 5.41) is 9.73. The van der Waals surface area contributed by atoms with Crippen molar-refractivity contribution in [2.75, 3.05) is 18.8 Å². The van der Waals surface area contributed by atoms with Gasteiger partial charge in [-0.3, -0.25) is 9.59 Å². The summed E-state index contributed by atoms with van der Waals surface area (Å²) in [5.41, 5.74) is 1.22. The molecule has 1 aliphatic heterocycles. The average Bonchev–Trinajstić information content (AvgIpc) is 3.30. The van der Waals surface area contributed by atoms with Crippen molar-refractivity contribution in [1.82, 2.24) is 14.9 Å². The number of aromatic amines is 1. The highest BCUT2D eigenvalue weighted by atomic mass is 32.2. The molecule has 0 bridgehead atoms. The molecule has 1 amide bonds. The number of H-pyrrole nitrogens is 1. The van der Waals surface area contributed by atoms with Crippen LogP contribution in [0, 0.1) is 11.3 Å². The van der Waals surface area contributed by atoms with Crippen molar-refractivity contribution in [3.05, 3.63) is 30.1 Å². The monoisotopic (exact) mass is 373 g/mol. The van der Waals surface area contributed by atoms with Crippen molar-refractivity contribution in [1.29, 1.82) is 0 Å². The fourth-order valence-corrected chi connectivity index (χ4v) is 5.21. The Balaban J connectivity index is 1.37. The molecule has 7 heteroatoms. The van der Waals surface area contributed by atoms with E-state index < -0.39 is 11.4 Å². The molecule has 1 unspecified atom stereocenters. The molecule has 2 aliphatic rings. The lowest BCUT2D eigenvalue weighted by atomic mass is 9.81. The molecule has 1 saturated heterocycles. The highest BCUT2D eigenvalue weighted by molar-refractivity contribution is 8.00. The molecule has 0 radical (unpaired) electrons. The van der Waals surface area contributed by atoms with E-state index in [-0.39, 0.29) is 17.1 Å². The predicted octanol–water partition coefficient (Wildman–Crippen LogP) is 3.07. The minimum absolute atomic E-state index is 0.0352. The third-order valence-electron chi connectivity index (χ3n) is 5.90. The van der Waals surface area contributed by atoms with E-state index in [1.54, 1.807) is 16.7 Å². The van der Waals surface area contributed by atoms with Gasteiger partial charge >= 0.3 is 5.97 Å². The second-order valence-corrected chi connectivity index (χ2v) is 8.75. The lowest BCUT2D eigenvalue weighted by molar-refractivity contribution is -0.149. The number of nitrogens with zero attached hydrogens (tertiary/aromatic N) is 2. The van der Waals surface area contributed by atoms with E-state index in [2.05, 4.69) is 9.97 Å². The van der Waals surface area contributed by atoms with Gasteiger partial charge in [0.05, 0.1) is 27.5 Å². The first-order valence-corrected chi connectivity index (χ1v) is 10.1. The van der Waals surface area contributed by atoms with E-state index in [0.29, 0.717) is 25.3 Å². The van der Waals surface area contributed by atoms with E-state index in [0.717, 1.165) is 29.7 Å². The number of para-hydroxylation sites is 2. The van der Waals surface area contributed by atoms with Gasteiger partial charge in [0.15, 0.2) is 0 Å². The quantitative estimate of drug-likeness (QED) is 0.841. The van der Waals surface area contributed by atoms with Crippen molar-refractivity contribution in [3.63, 3.8) is 0 Å². The van der Waals surface area contributed by atoms with Gasteiger partial charge < -0.3 is 15.0 Å². The highest BCUT2D eigenvalue weighted by Gasteiger charge is 2.55. The molecule has 138 valence electrons. The number of thioether (sulfide) groups is 1. The molecule has 6 nitrogen and oxygen atoms in total. The molecule has 2 heterocycles. The molecule has 1 saturated carbocycles. The zero-order chi connectivity index (χ0) is 18.3. The molecule has 1 aromatic heterocycles. The molecular formula is C19H23N3O3S. The summed E-state index contributed by atoms with van der Waals surface area (Å²) in [4.78, 5) is 34.0. The van der Waals surface area contributed by atoms with E-state index in [4.69, 9.17) is 0 Å². The van der Waals surface area contributed by atoms with Crippen molar-refractivity contribution in [2.24, 2.45) is 11.3 Å². The fourth-order valence-electron chi connectivity index (χ4n) is 4.36. The van der Waals surface area contributed by atoms with Crippen LogP contribution >= 0.6 is 11.8 Å². The minimum Gasteiger partial charge on any atom is -0.481 e. The van der Waals surface area contributed by atoms with Crippen molar-refractivity contribution < 1.29 is 14.7 Å². The number of likely N-dealkylation sites (tertiary alicyclic amines) is 1. The van der Waals surface area contributed by atoms with Crippen LogP contribution in [0.25, 0.3) is 11.0 Å². The number of rotatable bonds is 5. The van der Waals surface area contributed by atoms with Crippen LogP contribution in [0.2, 0.25) is 0 Å². The first-order valence-electron chi connectivity index (χ1n) is 9.07. The smallest absolute Gasteiger partial charge is 0.311 e. The number of carbonyl (C=O) groups is 2. The van der Waals surface area contributed by atoms with Gasteiger partial charge in [0.2, 0.25) is 5.91 Å². The molecule has 4 rings (SSSR count). The zero-order valence-corrected chi connectivity index (χ0v) is 15.6. The molecule has 1 aromatic carbocycles. The molecular weight excluding hydrogens is 350 g/mol. The maximum atomic E-state index is 12.6. The number of imidazole rings is 1. The van der Waals surface area contributed by atoms with E-state index in [9.17, 15) is 14.7 Å². The van der Waals surface area contributed by atoms with Gasteiger partial charge in [-0.1, -0.05) is 18.6 Å². The maximum absolute atomic E-state index is 12.6. The number of carboxylic acids is 1. The summed E-state index contributed by atoms with van der Waals surface area (Å²) in [6.45, 7) is 2.99. The normalized spacial score (nSPS) is 26.2. The Morgan fingerprint density at radius 2 is 2.27 bits per heavy atom. The average molecular weight is 373 g/mol. The number of nitrogens with one attached hydrogen (secondary N) is 1. The first-order chi connectivity index (χ1) is 12.5. The standard InChI is InChI=1S/C19H23N3O3S/c1-12(17-20-14-6-2-3-7-15(14)21-17)26-10-16(23)22-9-13-5-4-8-19(13,11-22)18(24)25/h2-3,6-7,12-13H,4-5,8-11H2,1H3,(H,20,21)(H,24,25)/t12?,13-,19+/m0/s1. The Kier molecular flexibility index (Phi) is 4.42. The number of amides is 1. The van der Waals surface area contributed by atoms with E-state index in [1.807, 2.05) is 31.2 Å². The molecule has 2 aromatic rings. The Hall–Kier alpha value is -2.02. The number of carbonyl (C=O) groups excluding carboxylic acids is 1. The van der Waals surface area contributed by atoms with Crippen LogP contribution in [0.1, 0.15) is 37.3 Å². The lowest BCUT2D eigenvalue weighted by Gasteiger charge is -2.23. The Bertz CT molecular complexity index is 818. The largest absolute Gasteiger partial charge is 0.481 e. The van der Waals surface area contributed by atoms with Gasteiger partial charge in [-0.25, -0.2) is 4.98 Å². The second kappa shape index (κ2) is 6.61. The molecule has 26 heavy (non-hydrogen) atoms. The molecule has 3 atom stereocenters. The third-order valence-corrected chi connectivity index (χ3v) is 7.04. The summed E-state index contributed by atoms with van der Waals surface area (Å²) in [5.74, 6) is 0.623. The number of carboxylic acid groups (broad SMARTS) is 1. The Morgan fingerprint density at radius 1 is 1.46 bits per heavy atom. The summed E-state index contributed by atoms with van der Waals surface area (Å²) in [7, 11) is 0. The molecule has 2 fully saturated rings. The van der Waals surface area contributed by atoms with Crippen molar-refractivity contribution in [3.8, 4) is 0 Å². The lowest BCUT2D eigenvalue weighted by Crippen LogP contribution is -2.37. The first kappa shape index (κ1) is 17.4. The summed E-state index contributed by atoms with van der Waals surface area (Å²) >= 11 is 1.54. The van der Waals surface area contributed by atoms with Gasteiger partial charge in [0.25, 0.3) is 0 Å². The van der Waals surface area contributed by atoms with Crippen molar-refractivity contribution in [2.45, 2.75) is 31.4 Å².